The zero-order valence-electron chi connectivity index (χ0n) is 10.8. The van der Waals surface area contributed by atoms with E-state index in [2.05, 4.69) is 10.6 Å². The van der Waals surface area contributed by atoms with Crippen LogP contribution >= 0.6 is 24.0 Å². The molecule has 0 aliphatic carbocycles. The molecule has 1 fully saturated rings. The largest absolute Gasteiger partial charge is 0.486 e. The van der Waals surface area contributed by atoms with Crippen molar-refractivity contribution >= 4 is 29.9 Å². The number of hydrogen-bond donors (Lipinski definition) is 2. The van der Waals surface area contributed by atoms with E-state index in [1.807, 2.05) is 6.07 Å². The molecule has 2 aliphatic heterocycles. The molecule has 0 bridgehead atoms. The Bertz CT molecular complexity index is 507. The molecule has 110 valence electrons. The third-order valence-corrected chi connectivity index (χ3v) is 3.56. The highest BCUT2D eigenvalue weighted by atomic mass is 35.5. The first kappa shape index (κ1) is 15.2. The SMILES string of the molecule is Cl.O=C(NCc1cc(Cl)c2c(c1)OCCO2)C1CNC1. The standard InChI is InChI=1S/C13H15ClN2O3.ClH/c14-10-3-8(4-11-12(10)19-2-1-18-11)5-16-13(17)9-6-15-7-9;/h3-4,9,15H,1-2,5-7H2,(H,16,17);1H. The van der Waals surface area contributed by atoms with Gasteiger partial charge >= 0.3 is 0 Å². The second-order valence-electron chi connectivity index (χ2n) is 4.67. The van der Waals surface area contributed by atoms with Crippen LogP contribution in [0.3, 0.4) is 0 Å². The number of rotatable bonds is 3. The van der Waals surface area contributed by atoms with Crippen molar-refractivity contribution in [3.63, 3.8) is 0 Å². The average molecular weight is 319 g/mol. The van der Waals surface area contributed by atoms with Gasteiger partial charge in [-0.2, -0.15) is 0 Å². The van der Waals surface area contributed by atoms with E-state index in [9.17, 15) is 4.79 Å². The molecule has 1 saturated heterocycles. The minimum absolute atomic E-state index is 0. The number of halogens is 2. The van der Waals surface area contributed by atoms with E-state index >= 15 is 0 Å². The number of carbonyl (C=O) groups excluding carboxylic acids is 1. The van der Waals surface area contributed by atoms with Gasteiger partial charge in [0.15, 0.2) is 11.5 Å². The van der Waals surface area contributed by atoms with Crippen molar-refractivity contribution in [1.82, 2.24) is 10.6 Å². The zero-order chi connectivity index (χ0) is 13.2. The maximum atomic E-state index is 11.7. The molecule has 0 radical (unpaired) electrons. The van der Waals surface area contributed by atoms with E-state index in [1.54, 1.807) is 6.07 Å². The fourth-order valence-corrected chi connectivity index (χ4v) is 2.36. The van der Waals surface area contributed by atoms with Gasteiger partial charge in [-0.05, 0) is 17.7 Å². The quantitative estimate of drug-likeness (QED) is 0.883. The van der Waals surface area contributed by atoms with Crippen LogP contribution in [0.5, 0.6) is 11.5 Å². The Hall–Kier alpha value is -1.17. The molecule has 1 aromatic rings. The van der Waals surface area contributed by atoms with Crippen molar-refractivity contribution in [2.24, 2.45) is 5.92 Å². The van der Waals surface area contributed by atoms with Crippen LogP contribution in [-0.2, 0) is 11.3 Å². The molecule has 2 N–H and O–H groups in total. The van der Waals surface area contributed by atoms with E-state index in [4.69, 9.17) is 21.1 Å². The molecule has 7 heteroatoms. The summed E-state index contributed by atoms with van der Waals surface area (Å²) >= 11 is 6.14. The summed E-state index contributed by atoms with van der Waals surface area (Å²) in [6.45, 7) is 3.00. The predicted octanol–water partition coefficient (Wildman–Crippen LogP) is 1.37. The summed E-state index contributed by atoms with van der Waals surface area (Å²) in [5, 5.41) is 6.49. The van der Waals surface area contributed by atoms with Gasteiger partial charge < -0.3 is 20.1 Å². The molecular formula is C13H16Cl2N2O3. The fourth-order valence-electron chi connectivity index (χ4n) is 2.07. The molecule has 20 heavy (non-hydrogen) atoms. The van der Waals surface area contributed by atoms with Crippen LogP contribution in [0.25, 0.3) is 0 Å². The Labute approximate surface area is 128 Å². The van der Waals surface area contributed by atoms with Crippen LogP contribution in [0.15, 0.2) is 12.1 Å². The number of benzene rings is 1. The molecule has 5 nitrogen and oxygen atoms in total. The number of carbonyl (C=O) groups is 1. The Balaban J connectivity index is 0.00000147. The van der Waals surface area contributed by atoms with E-state index in [-0.39, 0.29) is 24.2 Å². The summed E-state index contributed by atoms with van der Waals surface area (Å²) in [4.78, 5) is 11.7. The van der Waals surface area contributed by atoms with Crippen LogP contribution in [0, 0.1) is 5.92 Å². The minimum Gasteiger partial charge on any atom is -0.486 e. The number of nitrogens with one attached hydrogen (secondary N) is 2. The van der Waals surface area contributed by atoms with Crippen molar-refractivity contribution in [1.29, 1.82) is 0 Å². The molecule has 2 heterocycles. The van der Waals surface area contributed by atoms with E-state index in [0.29, 0.717) is 36.3 Å². The fraction of sp³-hybridized carbons (Fsp3) is 0.462. The third kappa shape index (κ3) is 3.11. The minimum atomic E-state index is 0. The van der Waals surface area contributed by atoms with Crippen LogP contribution in [0.1, 0.15) is 5.56 Å². The second-order valence-corrected chi connectivity index (χ2v) is 5.08. The topological polar surface area (TPSA) is 59.6 Å². The van der Waals surface area contributed by atoms with E-state index in [1.165, 1.54) is 0 Å². The predicted molar refractivity (Wildman–Crippen MR) is 77.9 cm³/mol. The molecular weight excluding hydrogens is 303 g/mol. The Morgan fingerprint density at radius 1 is 1.35 bits per heavy atom. The normalized spacial score (nSPS) is 16.9. The van der Waals surface area contributed by atoms with Gasteiger partial charge in [0.1, 0.15) is 13.2 Å². The lowest BCUT2D eigenvalue weighted by molar-refractivity contribution is -0.126. The monoisotopic (exact) mass is 318 g/mol. The van der Waals surface area contributed by atoms with Gasteiger partial charge in [-0.25, -0.2) is 0 Å². The third-order valence-electron chi connectivity index (χ3n) is 3.28. The first-order chi connectivity index (χ1) is 9.24. The highest BCUT2D eigenvalue weighted by Crippen LogP contribution is 2.38. The summed E-state index contributed by atoms with van der Waals surface area (Å²) in [6.07, 6.45) is 0. The van der Waals surface area contributed by atoms with Gasteiger partial charge in [0, 0.05) is 19.6 Å². The summed E-state index contributed by atoms with van der Waals surface area (Å²) in [5.41, 5.74) is 0.912. The van der Waals surface area contributed by atoms with Gasteiger partial charge in [0.05, 0.1) is 10.9 Å². The molecule has 2 aliphatic rings. The van der Waals surface area contributed by atoms with Crippen LogP contribution in [-0.4, -0.2) is 32.2 Å². The van der Waals surface area contributed by atoms with Crippen LogP contribution in [0.4, 0.5) is 0 Å². The van der Waals surface area contributed by atoms with E-state index < -0.39 is 0 Å². The number of hydrogen-bond acceptors (Lipinski definition) is 4. The summed E-state index contributed by atoms with van der Waals surface area (Å²) in [7, 11) is 0. The molecule has 0 spiro atoms. The molecule has 0 unspecified atom stereocenters. The summed E-state index contributed by atoms with van der Waals surface area (Å²) in [5.74, 6) is 1.40. The highest BCUT2D eigenvalue weighted by molar-refractivity contribution is 6.32. The summed E-state index contributed by atoms with van der Waals surface area (Å²) < 4.78 is 10.9. The molecule has 3 rings (SSSR count). The molecule has 1 aromatic carbocycles. The van der Waals surface area contributed by atoms with Gasteiger partial charge in [-0.3, -0.25) is 4.79 Å². The molecule has 0 saturated carbocycles. The van der Waals surface area contributed by atoms with Crippen molar-refractivity contribution in [2.75, 3.05) is 26.3 Å². The number of ether oxygens (including phenoxy) is 2. The highest BCUT2D eigenvalue weighted by Gasteiger charge is 2.24. The van der Waals surface area contributed by atoms with Crippen LogP contribution in [0.2, 0.25) is 5.02 Å². The van der Waals surface area contributed by atoms with Crippen molar-refractivity contribution in [3.8, 4) is 11.5 Å². The van der Waals surface area contributed by atoms with Crippen molar-refractivity contribution in [2.45, 2.75) is 6.54 Å². The molecule has 0 aromatic heterocycles. The van der Waals surface area contributed by atoms with Gasteiger partial charge in [0.25, 0.3) is 0 Å². The lowest BCUT2D eigenvalue weighted by Crippen LogP contribution is -2.50. The first-order valence-electron chi connectivity index (χ1n) is 6.30. The lowest BCUT2D eigenvalue weighted by atomic mass is 10.0. The number of amides is 1. The molecule has 1 amide bonds. The Kier molecular flexibility index (Phi) is 4.96. The van der Waals surface area contributed by atoms with Crippen molar-refractivity contribution < 1.29 is 14.3 Å². The second kappa shape index (κ2) is 6.52. The van der Waals surface area contributed by atoms with Gasteiger partial charge in [-0.15, -0.1) is 12.4 Å². The smallest absolute Gasteiger partial charge is 0.225 e. The van der Waals surface area contributed by atoms with Crippen molar-refractivity contribution in [3.05, 3.63) is 22.7 Å². The average Bonchev–Trinajstić information content (AvgIpc) is 2.34. The number of fused-ring (bicyclic) bond motifs is 1. The first-order valence-corrected chi connectivity index (χ1v) is 6.68. The maximum absolute atomic E-state index is 11.7. The Morgan fingerprint density at radius 2 is 2.10 bits per heavy atom. The van der Waals surface area contributed by atoms with Gasteiger partial charge in [0.2, 0.25) is 5.91 Å². The molecule has 0 atom stereocenters. The Morgan fingerprint density at radius 3 is 2.80 bits per heavy atom. The van der Waals surface area contributed by atoms with Crippen LogP contribution < -0.4 is 20.1 Å². The lowest BCUT2D eigenvalue weighted by Gasteiger charge is -2.26. The summed E-state index contributed by atoms with van der Waals surface area (Å²) in [6, 6.07) is 3.66. The van der Waals surface area contributed by atoms with E-state index in [0.717, 1.165) is 18.7 Å². The zero-order valence-corrected chi connectivity index (χ0v) is 12.4. The van der Waals surface area contributed by atoms with Gasteiger partial charge in [-0.1, -0.05) is 11.6 Å². The maximum Gasteiger partial charge on any atom is 0.225 e.